The van der Waals surface area contributed by atoms with Gasteiger partial charge >= 0.3 is 0 Å². The Morgan fingerprint density at radius 2 is 1.67 bits per heavy atom. The van der Waals surface area contributed by atoms with Crippen LogP contribution in [-0.2, 0) is 0 Å². The van der Waals surface area contributed by atoms with Crippen LogP contribution in [0, 0.1) is 6.92 Å². The van der Waals surface area contributed by atoms with Crippen molar-refractivity contribution in [3.05, 3.63) is 65.2 Å². The van der Waals surface area contributed by atoms with Gasteiger partial charge in [-0.1, -0.05) is 23.8 Å². The van der Waals surface area contributed by atoms with Crippen molar-refractivity contribution in [1.29, 1.82) is 0 Å². The smallest absolute Gasteiger partial charge is 0.255 e. The van der Waals surface area contributed by atoms with Gasteiger partial charge in [0.25, 0.3) is 11.8 Å². The Kier molecular flexibility index (Phi) is 6.09. The summed E-state index contributed by atoms with van der Waals surface area (Å²) in [5.74, 6) is -0.344. The number of nitrogens with zero attached hydrogens (tertiary/aromatic N) is 1. The number of carbonyl (C=O) groups is 2. The van der Waals surface area contributed by atoms with Crippen molar-refractivity contribution in [1.82, 2.24) is 10.2 Å². The second-order valence-corrected chi connectivity index (χ2v) is 5.96. The van der Waals surface area contributed by atoms with E-state index in [1.54, 1.807) is 36.4 Å². The normalized spacial score (nSPS) is 10.5. The highest BCUT2D eigenvalue weighted by molar-refractivity contribution is 6.05. The van der Waals surface area contributed by atoms with Gasteiger partial charge in [0, 0.05) is 29.9 Å². The molecule has 0 saturated heterocycles. The van der Waals surface area contributed by atoms with Crippen LogP contribution in [0.3, 0.4) is 0 Å². The van der Waals surface area contributed by atoms with Crippen molar-refractivity contribution in [3.8, 4) is 0 Å². The Balaban J connectivity index is 2.00. The number of hydrogen-bond acceptors (Lipinski definition) is 3. The number of nitrogens with one attached hydrogen (secondary N) is 2. The Labute approximate surface area is 142 Å². The quantitative estimate of drug-likeness (QED) is 0.858. The summed E-state index contributed by atoms with van der Waals surface area (Å²) in [6, 6.07) is 14.3. The second-order valence-electron chi connectivity index (χ2n) is 5.96. The zero-order valence-corrected chi connectivity index (χ0v) is 14.3. The fourth-order valence-electron chi connectivity index (χ4n) is 2.14. The zero-order chi connectivity index (χ0) is 17.5. The molecule has 5 heteroatoms. The fourth-order valence-corrected chi connectivity index (χ4v) is 2.14. The number of carbonyl (C=O) groups excluding carboxylic acids is 2. The molecule has 0 unspecified atom stereocenters. The third-order valence-electron chi connectivity index (χ3n) is 3.54. The SMILES string of the molecule is Cc1ccc(C(=O)Nc2cccc(C(=O)NCCN(C)C)c2)cc1. The first-order valence-electron chi connectivity index (χ1n) is 7.87. The number of rotatable bonds is 6. The van der Waals surface area contributed by atoms with E-state index in [2.05, 4.69) is 10.6 Å². The Morgan fingerprint density at radius 3 is 2.33 bits per heavy atom. The molecule has 0 aromatic heterocycles. The predicted octanol–water partition coefficient (Wildman–Crippen LogP) is 2.54. The molecule has 2 aromatic rings. The lowest BCUT2D eigenvalue weighted by Gasteiger charge is -2.11. The lowest BCUT2D eigenvalue weighted by molar-refractivity contribution is 0.0949. The third-order valence-corrected chi connectivity index (χ3v) is 3.54. The van der Waals surface area contributed by atoms with E-state index < -0.39 is 0 Å². The lowest BCUT2D eigenvalue weighted by Crippen LogP contribution is -2.31. The predicted molar refractivity (Wildman–Crippen MR) is 96.5 cm³/mol. The van der Waals surface area contributed by atoms with Crippen LogP contribution in [0.4, 0.5) is 5.69 Å². The number of likely N-dealkylation sites (N-methyl/N-ethyl adjacent to an activating group) is 1. The molecule has 24 heavy (non-hydrogen) atoms. The zero-order valence-electron chi connectivity index (χ0n) is 14.3. The minimum atomic E-state index is -0.194. The van der Waals surface area contributed by atoms with E-state index in [4.69, 9.17) is 0 Å². The summed E-state index contributed by atoms with van der Waals surface area (Å²) in [4.78, 5) is 26.4. The fraction of sp³-hybridized carbons (Fsp3) is 0.263. The van der Waals surface area contributed by atoms with Crippen LogP contribution in [0.15, 0.2) is 48.5 Å². The molecule has 126 valence electrons. The molecule has 0 spiro atoms. The second kappa shape index (κ2) is 8.26. The van der Waals surface area contributed by atoms with Gasteiger partial charge in [-0.2, -0.15) is 0 Å². The maximum atomic E-state index is 12.2. The van der Waals surface area contributed by atoms with Crippen LogP contribution < -0.4 is 10.6 Å². The lowest BCUT2D eigenvalue weighted by atomic mass is 10.1. The van der Waals surface area contributed by atoms with Gasteiger partial charge in [-0.25, -0.2) is 0 Å². The molecule has 0 aliphatic carbocycles. The minimum Gasteiger partial charge on any atom is -0.351 e. The highest BCUT2D eigenvalue weighted by atomic mass is 16.2. The van der Waals surface area contributed by atoms with Crippen molar-refractivity contribution in [3.63, 3.8) is 0 Å². The van der Waals surface area contributed by atoms with Crippen LogP contribution >= 0.6 is 0 Å². The maximum Gasteiger partial charge on any atom is 0.255 e. The highest BCUT2D eigenvalue weighted by Gasteiger charge is 2.09. The third kappa shape index (κ3) is 5.21. The highest BCUT2D eigenvalue weighted by Crippen LogP contribution is 2.13. The van der Waals surface area contributed by atoms with Crippen molar-refractivity contribution >= 4 is 17.5 Å². The molecule has 0 atom stereocenters. The Bertz CT molecular complexity index is 709. The van der Waals surface area contributed by atoms with Crippen molar-refractivity contribution in [2.45, 2.75) is 6.92 Å². The molecule has 0 heterocycles. The number of amides is 2. The van der Waals surface area contributed by atoms with Gasteiger partial charge in [0.15, 0.2) is 0 Å². The molecule has 0 bridgehead atoms. The largest absolute Gasteiger partial charge is 0.351 e. The maximum absolute atomic E-state index is 12.2. The summed E-state index contributed by atoms with van der Waals surface area (Å²) >= 11 is 0. The average molecular weight is 325 g/mol. The topological polar surface area (TPSA) is 61.4 Å². The molecule has 5 nitrogen and oxygen atoms in total. The van der Waals surface area contributed by atoms with E-state index in [0.717, 1.165) is 12.1 Å². The molecule has 2 aromatic carbocycles. The first kappa shape index (κ1) is 17.7. The summed E-state index contributed by atoms with van der Waals surface area (Å²) in [6.45, 7) is 3.32. The molecule has 0 fully saturated rings. The number of aryl methyl sites for hydroxylation is 1. The summed E-state index contributed by atoms with van der Waals surface area (Å²) in [6.07, 6.45) is 0. The van der Waals surface area contributed by atoms with E-state index >= 15 is 0 Å². The standard InChI is InChI=1S/C19H23N3O2/c1-14-7-9-15(10-8-14)19(24)21-17-6-4-5-16(13-17)18(23)20-11-12-22(2)3/h4-10,13H,11-12H2,1-3H3,(H,20,23)(H,21,24). The molecule has 0 radical (unpaired) electrons. The van der Waals surface area contributed by atoms with Gasteiger partial charge in [0.1, 0.15) is 0 Å². The van der Waals surface area contributed by atoms with Crippen molar-refractivity contribution in [2.24, 2.45) is 0 Å². The van der Waals surface area contributed by atoms with Crippen LogP contribution in [0.2, 0.25) is 0 Å². The van der Waals surface area contributed by atoms with Gasteiger partial charge in [0.05, 0.1) is 0 Å². The monoisotopic (exact) mass is 325 g/mol. The van der Waals surface area contributed by atoms with Crippen LogP contribution in [0.5, 0.6) is 0 Å². The van der Waals surface area contributed by atoms with Crippen molar-refractivity contribution in [2.75, 3.05) is 32.5 Å². The summed E-state index contributed by atoms with van der Waals surface area (Å²) in [5, 5.41) is 5.68. The van der Waals surface area contributed by atoms with Crippen molar-refractivity contribution < 1.29 is 9.59 Å². The summed E-state index contributed by atoms with van der Waals surface area (Å²) in [7, 11) is 3.90. The van der Waals surface area contributed by atoms with Gasteiger partial charge in [-0.15, -0.1) is 0 Å². The van der Waals surface area contributed by atoms with E-state index in [1.807, 2.05) is 38.1 Å². The van der Waals surface area contributed by atoms with Crippen LogP contribution in [0.25, 0.3) is 0 Å². The van der Waals surface area contributed by atoms with E-state index in [0.29, 0.717) is 23.4 Å². The van der Waals surface area contributed by atoms with Gasteiger partial charge in [0.2, 0.25) is 0 Å². The molecule has 2 N–H and O–H groups in total. The van der Waals surface area contributed by atoms with Crippen LogP contribution in [0.1, 0.15) is 26.3 Å². The van der Waals surface area contributed by atoms with Gasteiger partial charge < -0.3 is 15.5 Å². The first-order chi connectivity index (χ1) is 11.5. The number of anilines is 1. The molecule has 2 amide bonds. The van der Waals surface area contributed by atoms with Gasteiger partial charge in [-0.05, 0) is 51.4 Å². The number of benzene rings is 2. The minimum absolute atomic E-state index is 0.150. The van der Waals surface area contributed by atoms with Crippen LogP contribution in [-0.4, -0.2) is 43.9 Å². The molecular formula is C19H23N3O2. The van der Waals surface area contributed by atoms with E-state index in [9.17, 15) is 9.59 Å². The molecule has 2 rings (SSSR count). The molecule has 0 aliphatic rings. The molecule has 0 saturated carbocycles. The van der Waals surface area contributed by atoms with E-state index in [-0.39, 0.29) is 11.8 Å². The van der Waals surface area contributed by atoms with Gasteiger partial charge in [-0.3, -0.25) is 9.59 Å². The summed E-state index contributed by atoms with van der Waals surface area (Å²) in [5.41, 5.74) is 2.81. The Hall–Kier alpha value is -2.66. The average Bonchev–Trinajstić information content (AvgIpc) is 2.55. The molecular weight excluding hydrogens is 302 g/mol. The Morgan fingerprint density at radius 1 is 0.958 bits per heavy atom. The summed E-state index contributed by atoms with van der Waals surface area (Å²) < 4.78 is 0. The van der Waals surface area contributed by atoms with E-state index in [1.165, 1.54) is 0 Å². The molecule has 0 aliphatic heterocycles. The first-order valence-corrected chi connectivity index (χ1v) is 7.87. The number of hydrogen-bond donors (Lipinski definition) is 2.